The van der Waals surface area contributed by atoms with Gasteiger partial charge in [0.15, 0.2) is 0 Å². The molecule has 0 aliphatic carbocycles. The minimum Gasteiger partial charge on any atom is -0.324 e. The summed E-state index contributed by atoms with van der Waals surface area (Å²) in [4.78, 5) is 27.3. The molecule has 0 aromatic heterocycles. The normalized spacial score (nSPS) is 13.8. The summed E-state index contributed by atoms with van der Waals surface area (Å²) in [6.07, 6.45) is 1.17. The molecule has 4 rings (SSSR count). The Bertz CT molecular complexity index is 1390. The van der Waals surface area contributed by atoms with Crippen molar-refractivity contribution in [2.45, 2.75) is 51.0 Å². The third-order valence-electron chi connectivity index (χ3n) is 6.40. The highest BCUT2D eigenvalue weighted by atomic mass is 32.2. The zero-order chi connectivity index (χ0) is 25.9. The zero-order valence-corrected chi connectivity index (χ0v) is 21.6. The van der Waals surface area contributed by atoms with Gasteiger partial charge in [-0.05, 0) is 67.6 Å². The smallest absolute Gasteiger partial charge is 0.242 e. The van der Waals surface area contributed by atoms with Crippen LogP contribution in [0.25, 0.3) is 0 Å². The summed E-state index contributed by atoms with van der Waals surface area (Å²) >= 11 is 0. The molecule has 0 saturated heterocycles. The first-order chi connectivity index (χ1) is 17.2. The number of hydrogen-bond acceptors (Lipinski definition) is 4. The Kier molecular flexibility index (Phi) is 7.56. The Hall–Kier alpha value is -3.49. The van der Waals surface area contributed by atoms with Crippen LogP contribution in [0, 0.1) is 13.8 Å². The van der Waals surface area contributed by atoms with E-state index in [1.807, 2.05) is 62.4 Å². The van der Waals surface area contributed by atoms with Gasteiger partial charge in [-0.1, -0.05) is 55.0 Å². The van der Waals surface area contributed by atoms with Gasteiger partial charge in [0.2, 0.25) is 21.8 Å². The second-order valence-corrected chi connectivity index (χ2v) is 10.8. The summed E-state index contributed by atoms with van der Waals surface area (Å²) in [6, 6.07) is 18.7. The van der Waals surface area contributed by atoms with Crippen molar-refractivity contribution in [3.8, 4) is 0 Å². The lowest BCUT2D eigenvalue weighted by Crippen LogP contribution is -2.45. The number of hydrogen-bond donors (Lipinski definition) is 2. The Morgan fingerprint density at radius 3 is 2.44 bits per heavy atom. The quantitative estimate of drug-likeness (QED) is 0.481. The van der Waals surface area contributed by atoms with E-state index in [2.05, 4.69) is 10.0 Å². The minimum absolute atomic E-state index is 0.00785. The number of fused-ring (bicyclic) bond motifs is 1. The molecule has 0 saturated carbocycles. The van der Waals surface area contributed by atoms with E-state index in [1.165, 1.54) is 6.07 Å². The molecule has 2 amide bonds. The molecule has 0 fully saturated rings. The summed E-state index contributed by atoms with van der Waals surface area (Å²) in [5, 5.41) is 2.89. The van der Waals surface area contributed by atoms with E-state index in [1.54, 1.807) is 24.0 Å². The Balaban J connectivity index is 1.60. The highest BCUT2D eigenvalue weighted by molar-refractivity contribution is 7.89. The number of rotatable bonds is 8. The highest BCUT2D eigenvalue weighted by Gasteiger charge is 2.29. The first kappa shape index (κ1) is 25.6. The number of carbonyl (C=O) groups is 2. The summed E-state index contributed by atoms with van der Waals surface area (Å²) < 4.78 is 29.4. The van der Waals surface area contributed by atoms with Gasteiger partial charge < -0.3 is 10.2 Å². The molecule has 8 heteroatoms. The number of amides is 2. The van der Waals surface area contributed by atoms with E-state index >= 15 is 0 Å². The number of sulfonamides is 1. The number of nitrogens with zero attached hydrogens (tertiary/aromatic N) is 1. The van der Waals surface area contributed by atoms with Gasteiger partial charge in [-0.3, -0.25) is 9.59 Å². The molecule has 3 aromatic rings. The molecule has 1 heterocycles. The first-order valence-electron chi connectivity index (χ1n) is 12.1. The van der Waals surface area contributed by atoms with Crippen molar-refractivity contribution in [2.75, 3.05) is 16.8 Å². The summed E-state index contributed by atoms with van der Waals surface area (Å²) in [5.41, 5.74) is 5.00. The highest BCUT2D eigenvalue weighted by Crippen LogP contribution is 2.31. The molecule has 1 aliphatic rings. The summed E-state index contributed by atoms with van der Waals surface area (Å²) in [7, 11) is -4.01. The largest absolute Gasteiger partial charge is 0.324 e. The third-order valence-corrected chi connectivity index (χ3v) is 7.87. The third kappa shape index (κ3) is 5.66. The average Bonchev–Trinajstić information content (AvgIpc) is 3.29. The molecular weight excluding hydrogens is 474 g/mol. The summed E-state index contributed by atoms with van der Waals surface area (Å²) in [5.74, 6) is -0.427. The fourth-order valence-corrected chi connectivity index (χ4v) is 5.71. The maximum atomic E-state index is 13.4. The Morgan fingerprint density at radius 2 is 1.75 bits per heavy atom. The molecule has 7 nitrogen and oxygen atoms in total. The number of carbonyl (C=O) groups excluding carboxylic acids is 2. The van der Waals surface area contributed by atoms with Crippen LogP contribution in [0.15, 0.2) is 71.6 Å². The van der Waals surface area contributed by atoms with Gasteiger partial charge in [-0.15, -0.1) is 0 Å². The van der Waals surface area contributed by atoms with Crippen LogP contribution in [-0.4, -0.2) is 32.8 Å². The lowest BCUT2D eigenvalue weighted by molar-refractivity contribution is -0.118. The van der Waals surface area contributed by atoms with E-state index in [0.717, 1.165) is 27.9 Å². The molecule has 0 spiro atoms. The SMILES string of the molecule is CCC(=O)N1CCc2cc(S(=O)(=O)N[C@@H](Cc3ccccc3)C(=O)Nc3ccc(C)cc3C)ccc21. The van der Waals surface area contributed by atoms with Gasteiger partial charge in [-0.2, -0.15) is 4.72 Å². The molecule has 3 aromatic carbocycles. The van der Waals surface area contributed by atoms with E-state index in [9.17, 15) is 18.0 Å². The lowest BCUT2D eigenvalue weighted by Gasteiger charge is -2.20. The topological polar surface area (TPSA) is 95.6 Å². The molecule has 0 bridgehead atoms. The van der Waals surface area contributed by atoms with Crippen LogP contribution in [0.2, 0.25) is 0 Å². The second-order valence-electron chi connectivity index (χ2n) is 9.11. The number of benzene rings is 3. The molecular formula is C28H31N3O4S. The fraction of sp³-hybridized carbons (Fsp3) is 0.286. The van der Waals surface area contributed by atoms with Crippen LogP contribution >= 0.6 is 0 Å². The number of nitrogens with one attached hydrogen (secondary N) is 2. The second kappa shape index (κ2) is 10.6. The molecule has 0 unspecified atom stereocenters. The van der Waals surface area contributed by atoms with Crippen LogP contribution < -0.4 is 14.9 Å². The van der Waals surface area contributed by atoms with Gasteiger partial charge in [0.1, 0.15) is 6.04 Å². The van der Waals surface area contributed by atoms with Crippen LogP contribution in [0.4, 0.5) is 11.4 Å². The molecule has 2 N–H and O–H groups in total. The van der Waals surface area contributed by atoms with Gasteiger partial charge in [-0.25, -0.2) is 8.42 Å². The van der Waals surface area contributed by atoms with E-state index < -0.39 is 22.0 Å². The Labute approximate surface area is 212 Å². The van der Waals surface area contributed by atoms with Gasteiger partial charge in [0.25, 0.3) is 0 Å². The molecule has 0 radical (unpaired) electrons. The van der Waals surface area contributed by atoms with Crippen LogP contribution in [0.5, 0.6) is 0 Å². The van der Waals surface area contributed by atoms with Crippen molar-refractivity contribution in [2.24, 2.45) is 0 Å². The zero-order valence-electron chi connectivity index (χ0n) is 20.7. The van der Waals surface area contributed by atoms with Crippen molar-refractivity contribution in [3.05, 3.63) is 89.0 Å². The van der Waals surface area contributed by atoms with Crippen molar-refractivity contribution in [1.82, 2.24) is 4.72 Å². The molecule has 36 heavy (non-hydrogen) atoms. The number of aryl methyl sites for hydroxylation is 2. The van der Waals surface area contributed by atoms with Crippen molar-refractivity contribution in [1.29, 1.82) is 0 Å². The number of anilines is 2. The van der Waals surface area contributed by atoms with Crippen LogP contribution in [0.3, 0.4) is 0 Å². The minimum atomic E-state index is -4.01. The monoisotopic (exact) mass is 505 g/mol. The van der Waals surface area contributed by atoms with E-state index in [-0.39, 0.29) is 17.2 Å². The fourth-order valence-electron chi connectivity index (χ4n) is 4.46. The average molecular weight is 506 g/mol. The van der Waals surface area contributed by atoms with Crippen LogP contribution in [0.1, 0.15) is 35.6 Å². The van der Waals surface area contributed by atoms with Gasteiger partial charge in [0, 0.05) is 24.3 Å². The maximum Gasteiger partial charge on any atom is 0.242 e. The van der Waals surface area contributed by atoms with E-state index in [4.69, 9.17) is 0 Å². The predicted octanol–water partition coefficient (Wildman–Crippen LogP) is 4.13. The standard InChI is InChI=1S/C28H31N3O4S/c1-4-27(32)31-15-14-22-18-23(11-13-26(22)31)36(34,35)30-25(17-21-8-6-5-7-9-21)28(33)29-24-12-10-19(2)16-20(24)3/h5-13,16,18,25,30H,4,14-15,17H2,1-3H3,(H,29,33)/t25-/m0/s1. The summed E-state index contributed by atoms with van der Waals surface area (Å²) in [6.45, 7) is 6.21. The van der Waals surface area contributed by atoms with Crippen molar-refractivity contribution >= 4 is 33.2 Å². The maximum absolute atomic E-state index is 13.4. The van der Waals surface area contributed by atoms with Crippen molar-refractivity contribution < 1.29 is 18.0 Å². The molecule has 1 aliphatic heterocycles. The predicted molar refractivity (Wildman–Crippen MR) is 142 cm³/mol. The molecule has 1 atom stereocenters. The van der Waals surface area contributed by atoms with Gasteiger partial charge in [0.05, 0.1) is 4.90 Å². The Morgan fingerprint density at radius 1 is 1.00 bits per heavy atom. The lowest BCUT2D eigenvalue weighted by atomic mass is 10.1. The van der Waals surface area contributed by atoms with Gasteiger partial charge >= 0.3 is 0 Å². The van der Waals surface area contributed by atoms with Crippen LogP contribution in [-0.2, 0) is 32.5 Å². The first-order valence-corrected chi connectivity index (χ1v) is 13.5. The van der Waals surface area contributed by atoms with Crippen molar-refractivity contribution in [3.63, 3.8) is 0 Å². The molecule has 188 valence electrons. The van der Waals surface area contributed by atoms with E-state index in [0.29, 0.717) is 25.1 Å².